The topological polar surface area (TPSA) is 51.5 Å². The van der Waals surface area contributed by atoms with Crippen LogP contribution in [-0.2, 0) is 4.79 Å². The molecule has 0 aliphatic heterocycles. The van der Waals surface area contributed by atoms with E-state index < -0.39 is 6.61 Å². The van der Waals surface area contributed by atoms with Gasteiger partial charge in [-0.1, -0.05) is 12.1 Å². The van der Waals surface area contributed by atoms with Crippen molar-refractivity contribution < 1.29 is 22.7 Å². The van der Waals surface area contributed by atoms with Gasteiger partial charge in [-0.25, -0.2) is 0 Å². The van der Waals surface area contributed by atoms with Crippen LogP contribution in [0.5, 0.6) is 5.75 Å². The fourth-order valence-corrected chi connectivity index (χ4v) is 1.83. The minimum absolute atomic E-state index is 0.0787. The van der Waals surface area contributed by atoms with Crippen LogP contribution in [0.2, 0.25) is 0 Å². The molecule has 2 rings (SSSR count). The molecular formula is C16H15F2NO3. The monoisotopic (exact) mass is 307 g/mol. The summed E-state index contributed by atoms with van der Waals surface area (Å²) >= 11 is 0. The number of amides is 1. The van der Waals surface area contributed by atoms with Crippen LogP contribution in [0, 0.1) is 0 Å². The van der Waals surface area contributed by atoms with Crippen molar-refractivity contribution in [3.05, 3.63) is 60.1 Å². The average Bonchev–Trinajstić information content (AvgIpc) is 2.98. The summed E-state index contributed by atoms with van der Waals surface area (Å²) in [6.45, 7) is -1.06. The van der Waals surface area contributed by atoms with Gasteiger partial charge in [0.05, 0.1) is 12.3 Å². The fraction of sp³-hybridized carbons (Fsp3) is 0.188. The van der Waals surface area contributed by atoms with Crippen LogP contribution in [0.15, 0.2) is 53.2 Å². The molecule has 1 amide bonds. The molecule has 0 bridgehead atoms. The number of benzene rings is 1. The lowest BCUT2D eigenvalue weighted by Crippen LogP contribution is -2.24. The van der Waals surface area contributed by atoms with Crippen molar-refractivity contribution in [2.75, 3.05) is 0 Å². The van der Waals surface area contributed by atoms with Crippen LogP contribution >= 0.6 is 0 Å². The third kappa shape index (κ3) is 4.73. The van der Waals surface area contributed by atoms with Gasteiger partial charge in [0.15, 0.2) is 0 Å². The highest BCUT2D eigenvalue weighted by atomic mass is 19.3. The van der Waals surface area contributed by atoms with E-state index in [1.165, 1.54) is 24.5 Å². The lowest BCUT2D eigenvalue weighted by atomic mass is 10.1. The molecule has 0 saturated heterocycles. The zero-order valence-corrected chi connectivity index (χ0v) is 11.8. The van der Waals surface area contributed by atoms with Gasteiger partial charge in [-0.3, -0.25) is 4.79 Å². The van der Waals surface area contributed by atoms with Crippen molar-refractivity contribution in [2.24, 2.45) is 0 Å². The molecule has 1 N–H and O–H groups in total. The fourth-order valence-electron chi connectivity index (χ4n) is 1.83. The Bertz CT molecular complexity index is 621. The van der Waals surface area contributed by atoms with E-state index in [-0.39, 0.29) is 17.7 Å². The van der Waals surface area contributed by atoms with Crippen LogP contribution in [0.1, 0.15) is 24.3 Å². The number of hydrogen-bond acceptors (Lipinski definition) is 3. The first kappa shape index (κ1) is 15.8. The summed E-state index contributed by atoms with van der Waals surface area (Å²) < 4.78 is 33.5. The normalized spacial score (nSPS) is 12.5. The molecule has 116 valence electrons. The number of halogens is 2. The van der Waals surface area contributed by atoms with Crippen molar-refractivity contribution in [2.45, 2.75) is 19.6 Å². The smallest absolute Gasteiger partial charge is 0.387 e. The van der Waals surface area contributed by atoms with E-state index in [2.05, 4.69) is 10.1 Å². The minimum Gasteiger partial charge on any atom is -0.465 e. The molecule has 0 spiro atoms. The molecule has 0 saturated carbocycles. The number of nitrogens with one attached hydrogen (secondary N) is 1. The molecule has 6 heteroatoms. The van der Waals surface area contributed by atoms with Gasteiger partial charge in [0.1, 0.15) is 11.5 Å². The van der Waals surface area contributed by atoms with Gasteiger partial charge < -0.3 is 14.5 Å². The third-order valence-corrected chi connectivity index (χ3v) is 2.91. The maximum Gasteiger partial charge on any atom is 0.387 e. The lowest BCUT2D eigenvalue weighted by molar-refractivity contribution is -0.117. The van der Waals surface area contributed by atoms with E-state index in [0.29, 0.717) is 5.76 Å². The predicted octanol–water partition coefficient (Wildman–Crippen LogP) is 3.77. The highest BCUT2D eigenvalue weighted by Gasteiger charge is 2.09. The molecule has 4 nitrogen and oxygen atoms in total. The number of ether oxygens (including phenoxy) is 1. The van der Waals surface area contributed by atoms with Crippen molar-refractivity contribution in [1.82, 2.24) is 5.32 Å². The van der Waals surface area contributed by atoms with Gasteiger partial charge in [0.25, 0.3) is 0 Å². The first-order valence-electron chi connectivity index (χ1n) is 6.61. The highest BCUT2D eigenvalue weighted by Crippen LogP contribution is 2.19. The first-order valence-corrected chi connectivity index (χ1v) is 6.61. The van der Waals surface area contributed by atoms with Crippen LogP contribution in [0.3, 0.4) is 0 Å². The first-order chi connectivity index (χ1) is 10.5. The van der Waals surface area contributed by atoms with E-state index in [1.807, 2.05) is 0 Å². The number of carbonyl (C=O) groups is 1. The molecule has 1 heterocycles. The second-order valence-corrected chi connectivity index (χ2v) is 4.53. The summed E-state index contributed by atoms with van der Waals surface area (Å²) in [5, 5.41) is 2.76. The van der Waals surface area contributed by atoms with Crippen molar-refractivity contribution >= 4 is 12.0 Å². The van der Waals surface area contributed by atoms with E-state index >= 15 is 0 Å². The molecule has 0 aliphatic carbocycles. The van der Waals surface area contributed by atoms with Gasteiger partial charge in [-0.15, -0.1) is 0 Å². The molecule has 1 atom stereocenters. The van der Waals surface area contributed by atoms with Gasteiger partial charge in [0, 0.05) is 6.08 Å². The van der Waals surface area contributed by atoms with Gasteiger partial charge in [-0.05, 0) is 42.8 Å². The number of hydrogen-bond donors (Lipinski definition) is 1. The summed E-state index contributed by atoms with van der Waals surface area (Å²) in [6.07, 6.45) is 4.44. The molecule has 0 fully saturated rings. The summed E-state index contributed by atoms with van der Waals surface area (Å²) in [5.74, 6) is 0.378. The van der Waals surface area contributed by atoms with Gasteiger partial charge in [-0.2, -0.15) is 8.78 Å². The van der Waals surface area contributed by atoms with Crippen LogP contribution in [-0.4, -0.2) is 12.5 Å². The van der Waals surface area contributed by atoms with Gasteiger partial charge >= 0.3 is 6.61 Å². The number of alkyl halides is 2. The standard InChI is InChI=1S/C16H15F2NO3/c1-11(12-4-6-14(7-5-12)22-16(17)18)19-15(20)9-8-13-3-2-10-21-13/h2-11,16H,1H3,(H,19,20). The number of furan rings is 1. The summed E-state index contributed by atoms with van der Waals surface area (Å²) in [7, 11) is 0. The van der Waals surface area contributed by atoms with Crippen molar-refractivity contribution in [3.63, 3.8) is 0 Å². The van der Waals surface area contributed by atoms with E-state index in [9.17, 15) is 13.6 Å². The van der Waals surface area contributed by atoms with Gasteiger partial charge in [0.2, 0.25) is 5.91 Å². The van der Waals surface area contributed by atoms with E-state index in [4.69, 9.17) is 4.42 Å². The second-order valence-electron chi connectivity index (χ2n) is 4.53. The molecule has 2 aromatic rings. The lowest BCUT2D eigenvalue weighted by Gasteiger charge is -2.13. The maximum absolute atomic E-state index is 12.1. The Morgan fingerprint density at radius 1 is 1.27 bits per heavy atom. The Morgan fingerprint density at radius 3 is 2.59 bits per heavy atom. The SMILES string of the molecule is CC(NC(=O)C=Cc1ccco1)c1ccc(OC(F)F)cc1. The van der Waals surface area contributed by atoms with E-state index in [0.717, 1.165) is 5.56 Å². The molecule has 1 aromatic carbocycles. The largest absolute Gasteiger partial charge is 0.465 e. The summed E-state index contributed by atoms with van der Waals surface area (Å²) in [4.78, 5) is 11.8. The quantitative estimate of drug-likeness (QED) is 0.826. The number of rotatable bonds is 6. The Morgan fingerprint density at radius 2 is 2.00 bits per heavy atom. The van der Waals surface area contributed by atoms with Crippen LogP contribution < -0.4 is 10.1 Å². The predicted molar refractivity (Wildman–Crippen MR) is 77.4 cm³/mol. The summed E-state index contributed by atoms with van der Waals surface area (Å²) in [6, 6.07) is 9.30. The second kappa shape index (κ2) is 7.40. The maximum atomic E-state index is 12.1. The Kier molecular flexibility index (Phi) is 5.30. The Labute approximate surface area is 126 Å². The Hall–Kier alpha value is -2.63. The van der Waals surface area contributed by atoms with E-state index in [1.54, 1.807) is 37.3 Å². The molecule has 0 aliphatic rings. The molecule has 0 radical (unpaired) electrons. The average molecular weight is 307 g/mol. The number of carbonyl (C=O) groups excluding carboxylic acids is 1. The molecule has 1 unspecified atom stereocenters. The zero-order chi connectivity index (χ0) is 15.9. The minimum atomic E-state index is -2.85. The molecule has 1 aromatic heterocycles. The van der Waals surface area contributed by atoms with Crippen LogP contribution in [0.25, 0.3) is 6.08 Å². The molecular weight excluding hydrogens is 292 g/mol. The highest BCUT2D eigenvalue weighted by molar-refractivity contribution is 5.91. The summed E-state index contributed by atoms with van der Waals surface area (Å²) in [5.41, 5.74) is 0.779. The Balaban J connectivity index is 1.91. The molecule has 22 heavy (non-hydrogen) atoms. The van der Waals surface area contributed by atoms with Crippen LogP contribution in [0.4, 0.5) is 8.78 Å². The zero-order valence-electron chi connectivity index (χ0n) is 11.8. The van der Waals surface area contributed by atoms with Crippen molar-refractivity contribution in [3.8, 4) is 5.75 Å². The van der Waals surface area contributed by atoms with Crippen molar-refractivity contribution in [1.29, 1.82) is 0 Å². The third-order valence-electron chi connectivity index (χ3n) is 2.91.